The second-order valence-electron chi connectivity index (χ2n) is 7.37. The number of rotatable bonds is 3. The van der Waals surface area contributed by atoms with Gasteiger partial charge in [0.1, 0.15) is 12.6 Å². The first-order valence-corrected chi connectivity index (χ1v) is 11.3. The van der Waals surface area contributed by atoms with Crippen LogP contribution in [-0.2, 0) is 14.4 Å². The predicted octanol–water partition coefficient (Wildman–Crippen LogP) is 3.87. The highest BCUT2D eigenvalue weighted by Crippen LogP contribution is 2.39. The van der Waals surface area contributed by atoms with E-state index in [2.05, 4.69) is 42.0 Å². The lowest BCUT2D eigenvalue weighted by atomic mass is 9.92. The zero-order chi connectivity index (χ0) is 22.1. The van der Waals surface area contributed by atoms with Crippen LogP contribution in [0.4, 0.5) is 5.69 Å². The fraction of sp³-hybridized carbons (Fsp3) is 0.333. The maximum atomic E-state index is 12.3. The highest BCUT2D eigenvalue weighted by molar-refractivity contribution is 9.11. The standard InChI is InChI=1S/C21H16Br2N4O4/c22-14-5-12(27-20(30)8-17(28)16(9-24)26-27)6-15(23)21(14)31-19-7-13(18(29)10-25-19)11-3-1-2-4-11/h5-7,11H,1-4,8,10H2. The number of ketones is 2. The summed E-state index contributed by atoms with van der Waals surface area (Å²) in [5.74, 6) is -0.0655. The lowest BCUT2D eigenvalue weighted by Crippen LogP contribution is -2.36. The molecule has 10 heteroatoms. The number of carbonyl (C=O) groups excluding carboxylic acids is 3. The Kier molecular flexibility index (Phi) is 6.16. The molecule has 0 saturated heterocycles. The van der Waals surface area contributed by atoms with Gasteiger partial charge in [-0.1, -0.05) is 12.8 Å². The number of hydrazone groups is 1. The summed E-state index contributed by atoms with van der Waals surface area (Å²) < 4.78 is 6.98. The zero-order valence-electron chi connectivity index (χ0n) is 16.2. The number of benzene rings is 1. The topological polar surface area (TPSA) is 112 Å². The summed E-state index contributed by atoms with van der Waals surface area (Å²) >= 11 is 6.87. The van der Waals surface area contributed by atoms with Gasteiger partial charge in [-0.2, -0.15) is 15.4 Å². The molecule has 0 N–H and O–H groups in total. The monoisotopic (exact) mass is 546 g/mol. The van der Waals surface area contributed by atoms with Crippen molar-refractivity contribution in [1.82, 2.24) is 0 Å². The summed E-state index contributed by atoms with van der Waals surface area (Å²) in [6.07, 6.45) is 5.56. The molecule has 31 heavy (non-hydrogen) atoms. The average Bonchev–Trinajstić information content (AvgIpc) is 3.26. The molecule has 1 saturated carbocycles. The number of nitrogens with zero attached hydrogens (tertiary/aromatic N) is 4. The van der Waals surface area contributed by atoms with Crippen molar-refractivity contribution in [3.63, 3.8) is 0 Å². The Morgan fingerprint density at radius 1 is 1.10 bits per heavy atom. The summed E-state index contributed by atoms with van der Waals surface area (Å²) in [6.45, 7) is 0.0624. The Labute approximate surface area is 194 Å². The molecule has 1 aromatic rings. The van der Waals surface area contributed by atoms with E-state index in [-0.39, 0.29) is 24.0 Å². The van der Waals surface area contributed by atoms with Gasteiger partial charge in [0.15, 0.2) is 11.5 Å². The largest absolute Gasteiger partial charge is 0.437 e. The van der Waals surface area contributed by atoms with E-state index < -0.39 is 18.1 Å². The molecule has 1 fully saturated rings. The third kappa shape index (κ3) is 4.38. The van der Waals surface area contributed by atoms with E-state index in [1.807, 2.05) is 0 Å². The maximum Gasteiger partial charge on any atom is 0.255 e. The number of halogens is 2. The Bertz CT molecular complexity index is 1100. The number of nitriles is 1. The fourth-order valence-electron chi connectivity index (χ4n) is 3.81. The molecule has 0 aromatic heterocycles. The Balaban J connectivity index is 1.61. The third-order valence-corrected chi connectivity index (χ3v) is 6.50. The molecule has 2 aliphatic heterocycles. The van der Waals surface area contributed by atoms with Gasteiger partial charge in [-0.25, -0.2) is 4.99 Å². The van der Waals surface area contributed by atoms with Gasteiger partial charge in [0.25, 0.3) is 5.91 Å². The minimum absolute atomic E-state index is 0.0389. The highest BCUT2D eigenvalue weighted by atomic mass is 79.9. The normalized spacial score (nSPS) is 19.7. The second-order valence-corrected chi connectivity index (χ2v) is 9.07. The number of hydrogen-bond donors (Lipinski definition) is 0. The van der Waals surface area contributed by atoms with E-state index in [1.165, 1.54) is 0 Å². The molecule has 1 aromatic carbocycles. The number of anilines is 1. The number of hydrogen-bond acceptors (Lipinski definition) is 7. The van der Waals surface area contributed by atoms with Crippen molar-refractivity contribution in [2.75, 3.05) is 11.6 Å². The van der Waals surface area contributed by atoms with Gasteiger partial charge < -0.3 is 4.74 Å². The van der Waals surface area contributed by atoms with Crippen molar-refractivity contribution < 1.29 is 19.1 Å². The van der Waals surface area contributed by atoms with Crippen LogP contribution in [0.2, 0.25) is 0 Å². The van der Waals surface area contributed by atoms with E-state index in [9.17, 15) is 14.4 Å². The highest BCUT2D eigenvalue weighted by Gasteiger charge is 2.30. The van der Waals surface area contributed by atoms with Gasteiger partial charge in [-0.15, -0.1) is 0 Å². The summed E-state index contributed by atoms with van der Waals surface area (Å²) in [4.78, 5) is 40.5. The van der Waals surface area contributed by atoms with Gasteiger partial charge in [0, 0.05) is 11.6 Å². The van der Waals surface area contributed by atoms with Crippen LogP contribution in [0, 0.1) is 17.2 Å². The first-order chi connectivity index (χ1) is 14.9. The van der Waals surface area contributed by atoms with Gasteiger partial charge >= 0.3 is 0 Å². The molecule has 1 aliphatic carbocycles. The molecule has 1 amide bonds. The molecule has 158 valence electrons. The van der Waals surface area contributed by atoms with E-state index in [0.29, 0.717) is 26.3 Å². The number of dihydropyridines is 1. The van der Waals surface area contributed by atoms with Crippen LogP contribution >= 0.6 is 31.9 Å². The molecule has 3 aliphatic rings. The molecule has 4 rings (SSSR count). The Morgan fingerprint density at radius 3 is 2.42 bits per heavy atom. The van der Waals surface area contributed by atoms with Crippen molar-refractivity contribution in [2.24, 2.45) is 16.0 Å². The zero-order valence-corrected chi connectivity index (χ0v) is 19.4. The fourth-order valence-corrected chi connectivity index (χ4v) is 5.13. The minimum atomic E-state index is -0.600. The van der Waals surface area contributed by atoms with Gasteiger partial charge in [-0.05, 0) is 62.8 Å². The lowest BCUT2D eigenvalue weighted by molar-refractivity contribution is -0.124. The molecule has 2 heterocycles. The van der Waals surface area contributed by atoms with Crippen LogP contribution in [0.15, 0.2) is 42.8 Å². The molecular formula is C21H16Br2N4O4. The summed E-state index contributed by atoms with van der Waals surface area (Å²) in [5.41, 5.74) is 0.811. The molecule has 0 bridgehead atoms. The lowest BCUT2D eigenvalue weighted by Gasteiger charge is -2.22. The van der Waals surface area contributed by atoms with Crippen LogP contribution in [0.3, 0.4) is 0 Å². The number of amides is 1. The van der Waals surface area contributed by atoms with Crippen molar-refractivity contribution in [1.29, 1.82) is 5.26 Å². The molecule has 0 radical (unpaired) electrons. The third-order valence-electron chi connectivity index (χ3n) is 5.33. The van der Waals surface area contributed by atoms with Crippen LogP contribution in [-0.4, -0.2) is 35.6 Å². The number of aliphatic imine (C=N–C) groups is 1. The van der Waals surface area contributed by atoms with E-state index in [1.54, 1.807) is 24.3 Å². The van der Waals surface area contributed by atoms with E-state index in [0.717, 1.165) is 36.3 Å². The quantitative estimate of drug-likeness (QED) is 0.533. The van der Waals surface area contributed by atoms with Crippen molar-refractivity contribution in [3.8, 4) is 11.8 Å². The van der Waals surface area contributed by atoms with Gasteiger partial charge in [0.05, 0.1) is 21.1 Å². The maximum absolute atomic E-state index is 12.3. The molecule has 8 nitrogen and oxygen atoms in total. The SMILES string of the molecule is N#CC1=NN(c2cc(Br)c(OC3=NCC(=O)C(C4CCCC4)=C3)c(Br)c2)C(=O)CC1=O. The van der Waals surface area contributed by atoms with Crippen LogP contribution < -0.4 is 9.75 Å². The smallest absolute Gasteiger partial charge is 0.255 e. The number of ether oxygens (including phenoxy) is 1. The molecule has 0 unspecified atom stereocenters. The Morgan fingerprint density at radius 2 is 1.77 bits per heavy atom. The van der Waals surface area contributed by atoms with Crippen molar-refractivity contribution in [3.05, 3.63) is 32.7 Å². The first-order valence-electron chi connectivity index (χ1n) is 9.68. The summed E-state index contributed by atoms with van der Waals surface area (Å²) in [7, 11) is 0. The summed E-state index contributed by atoms with van der Waals surface area (Å²) in [5, 5.41) is 13.9. The first kappa shape index (κ1) is 21.6. The van der Waals surface area contributed by atoms with Gasteiger partial charge in [0.2, 0.25) is 17.4 Å². The van der Waals surface area contributed by atoms with Crippen LogP contribution in [0.1, 0.15) is 32.1 Å². The second kappa shape index (κ2) is 8.85. The Hall–Kier alpha value is -2.64. The molecule has 0 atom stereocenters. The predicted molar refractivity (Wildman–Crippen MR) is 120 cm³/mol. The number of carbonyl (C=O) groups is 3. The number of Topliss-reactive ketones (excluding diaryl/α,β-unsaturated/α-hetero) is 2. The van der Waals surface area contributed by atoms with Crippen molar-refractivity contribution in [2.45, 2.75) is 32.1 Å². The van der Waals surface area contributed by atoms with Gasteiger partial charge in [-0.3, -0.25) is 14.4 Å². The molecular weight excluding hydrogens is 532 g/mol. The van der Waals surface area contributed by atoms with E-state index >= 15 is 0 Å². The molecule has 0 spiro atoms. The van der Waals surface area contributed by atoms with Crippen LogP contribution in [0.25, 0.3) is 0 Å². The van der Waals surface area contributed by atoms with E-state index in [4.69, 9.17) is 10.00 Å². The minimum Gasteiger partial charge on any atom is -0.437 e. The van der Waals surface area contributed by atoms with Crippen LogP contribution in [0.5, 0.6) is 5.75 Å². The van der Waals surface area contributed by atoms with Crippen molar-refractivity contribution >= 4 is 66.6 Å². The summed E-state index contributed by atoms with van der Waals surface area (Å²) in [6, 6.07) is 4.91. The average molecular weight is 548 g/mol.